The Morgan fingerprint density at radius 3 is 2.04 bits per heavy atom. The van der Waals surface area contributed by atoms with E-state index in [-0.39, 0.29) is 23.5 Å². The van der Waals surface area contributed by atoms with E-state index in [9.17, 15) is 8.42 Å². The van der Waals surface area contributed by atoms with Gasteiger partial charge < -0.3 is 9.47 Å². The third-order valence-electron chi connectivity index (χ3n) is 8.26. The van der Waals surface area contributed by atoms with Gasteiger partial charge in [0.25, 0.3) is 10.1 Å². The van der Waals surface area contributed by atoms with E-state index in [2.05, 4.69) is 68.4 Å². The van der Waals surface area contributed by atoms with Crippen LogP contribution in [0.3, 0.4) is 0 Å². The van der Waals surface area contributed by atoms with Crippen molar-refractivity contribution >= 4 is 21.5 Å². The molecule has 46 heavy (non-hydrogen) atoms. The molecule has 1 aliphatic heterocycles. The summed E-state index contributed by atoms with van der Waals surface area (Å²) in [7, 11) is -3.83. The van der Waals surface area contributed by atoms with Gasteiger partial charge in [-0.3, -0.25) is 9.18 Å². The van der Waals surface area contributed by atoms with Gasteiger partial charge in [0.2, 0.25) is 0 Å². The molecular formula is C39H37NO5S. The number of rotatable bonds is 12. The van der Waals surface area contributed by atoms with E-state index in [0.29, 0.717) is 12.4 Å². The van der Waals surface area contributed by atoms with Gasteiger partial charge in [0.15, 0.2) is 0 Å². The lowest BCUT2D eigenvalue weighted by molar-refractivity contribution is 0.221. The first kappa shape index (κ1) is 31.3. The molecule has 1 heterocycles. The first-order chi connectivity index (χ1) is 22.2. The highest BCUT2D eigenvalue weighted by Crippen LogP contribution is 2.45. The summed E-state index contributed by atoms with van der Waals surface area (Å²) < 4.78 is 41.9. The van der Waals surface area contributed by atoms with Crippen LogP contribution in [-0.4, -0.2) is 27.3 Å². The summed E-state index contributed by atoms with van der Waals surface area (Å²) in [6, 6.07) is 39.3. The molecular weight excluding hydrogens is 594 g/mol. The van der Waals surface area contributed by atoms with Crippen LogP contribution in [0.1, 0.15) is 40.3 Å². The quantitative estimate of drug-likeness (QED) is 0.102. The molecule has 234 valence electrons. The third-order valence-corrected chi connectivity index (χ3v) is 9.59. The van der Waals surface area contributed by atoms with Crippen LogP contribution in [0.4, 0.5) is 5.69 Å². The minimum absolute atomic E-state index is 0.0813. The molecule has 0 saturated carbocycles. The number of hydrogen-bond acceptors (Lipinski definition) is 6. The maximum Gasteiger partial charge on any atom is 0.297 e. The Balaban J connectivity index is 1.12. The van der Waals surface area contributed by atoms with Crippen LogP contribution in [0, 0.1) is 13.8 Å². The van der Waals surface area contributed by atoms with Gasteiger partial charge in [-0.2, -0.15) is 8.42 Å². The minimum atomic E-state index is -3.83. The van der Waals surface area contributed by atoms with Gasteiger partial charge in [-0.1, -0.05) is 77.9 Å². The largest absolute Gasteiger partial charge is 0.491 e. The smallest absolute Gasteiger partial charge is 0.297 e. The van der Waals surface area contributed by atoms with Crippen LogP contribution in [0.2, 0.25) is 0 Å². The molecule has 0 aliphatic carbocycles. The van der Waals surface area contributed by atoms with E-state index in [4.69, 9.17) is 18.6 Å². The van der Waals surface area contributed by atoms with Crippen molar-refractivity contribution in [1.29, 1.82) is 0 Å². The maximum absolute atomic E-state index is 12.4. The first-order valence-corrected chi connectivity index (χ1v) is 16.8. The van der Waals surface area contributed by atoms with Crippen LogP contribution >= 0.6 is 0 Å². The number of hydrogen-bond donors (Lipinski definition) is 0. The van der Waals surface area contributed by atoms with Crippen molar-refractivity contribution in [2.75, 3.05) is 13.2 Å². The first-order valence-electron chi connectivity index (χ1n) is 15.3. The van der Waals surface area contributed by atoms with Gasteiger partial charge in [0.05, 0.1) is 16.3 Å². The van der Waals surface area contributed by atoms with Crippen molar-refractivity contribution in [3.05, 3.63) is 155 Å². The summed E-state index contributed by atoms with van der Waals surface area (Å²) >= 11 is 0. The Kier molecular flexibility index (Phi) is 9.06. The molecule has 7 heteroatoms. The molecule has 1 atom stereocenters. The van der Waals surface area contributed by atoms with Crippen molar-refractivity contribution in [3.63, 3.8) is 0 Å². The Bertz CT molecular complexity index is 1940. The summed E-state index contributed by atoms with van der Waals surface area (Å²) in [5.41, 5.74) is 8.37. The highest BCUT2D eigenvalue weighted by Gasteiger charge is 2.40. The topological polar surface area (TPSA) is 74.2 Å². The van der Waals surface area contributed by atoms with Gasteiger partial charge >= 0.3 is 0 Å². The van der Waals surface area contributed by atoms with Crippen molar-refractivity contribution in [1.82, 2.24) is 0 Å². The Hall–Kier alpha value is -4.72. The molecule has 1 unspecified atom stereocenters. The number of nitrogens with zero attached hydrogens (tertiary/aromatic N) is 1. The van der Waals surface area contributed by atoms with Gasteiger partial charge in [-0.05, 0) is 104 Å². The average Bonchev–Trinajstić information content (AvgIpc) is 3.34. The summed E-state index contributed by atoms with van der Waals surface area (Å²) in [6.07, 6.45) is 0.743. The number of fused-ring (bicyclic) bond motifs is 1. The zero-order chi connectivity index (χ0) is 32.1. The predicted molar refractivity (Wildman–Crippen MR) is 182 cm³/mol. The zero-order valence-corrected chi connectivity index (χ0v) is 27.1. The lowest BCUT2D eigenvalue weighted by Crippen LogP contribution is -2.33. The zero-order valence-electron chi connectivity index (χ0n) is 26.3. The average molecular weight is 632 g/mol. The third kappa shape index (κ3) is 7.06. The van der Waals surface area contributed by atoms with Crippen molar-refractivity contribution in [2.24, 2.45) is 4.99 Å². The van der Waals surface area contributed by atoms with Gasteiger partial charge in [0, 0.05) is 5.41 Å². The number of aliphatic imine (C=N–C) groups is 1. The van der Waals surface area contributed by atoms with Crippen LogP contribution in [0.5, 0.6) is 11.5 Å². The number of benzene rings is 5. The lowest BCUT2D eigenvalue weighted by Gasteiger charge is -2.29. The molecule has 0 N–H and O–H groups in total. The van der Waals surface area contributed by atoms with Crippen molar-refractivity contribution in [3.8, 4) is 11.5 Å². The molecule has 0 spiro atoms. The molecule has 1 aliphatic rings. The van der Waals surface area contributed by atoms with Crippen LogP contribution in [0.25, 0.3) is 0 Å². The van der Waals surface area contributed by atoms with Crippen LogP contribution < -0.4 is 9.47 Å². The second kappa shape index (κ2) is 13.3. The van der Waals surface area contributed by atoms with E-state index in [1.165, 1.54) is 11.1 Å². The van der Waals surface area contributed by atoms with Crippen LogP contribution in [0.15, 0.2) is 131 Å². The van der Waals surface area contributed by atoms with Crippen LogP contribution in [-0.2, 0) is 32.7 Å². The van der Waals surface area contributed by atoms with E-state index in [1.54, 1.807) is 24.3 Å². The Morgan fingerprint density at radius 1 is 0.674 bits per heavy atom. The van der Waals surface area contributed by atoms with Gasteiger partial charge in [-0.15, -0.1) is 0 Å². The van der Waals surface area contributed by atoms with E-state index in [0.717, 1.165) is 45.8 Å². The molecule has 0 aromatic heterocycles. The van der Waals surface area contributed by atoms with E-state index in [1.807, 2.05) is 49.4 Å². The molecule has 6 nitrogen and oxygen atoms in total. The Morgan fingerprint density at radius 2 is 1.33 bits per heavy atom. The van der Waals surface area contributed by atoms with Gasteiger partial charge in [0.1, 0.15) is 31.3 Å². The summed E-state index contributed by atoms with van der Waals surface area (Å²) in [5, 5.41) is 0. The fourth-order valence-corrected chi connectivity index (χ4v) is 6.65. The summed E-state index contributed by atoms with van der Waals surface area (Å²) in [6.45, 7) is 6.81. The molecule has 5 aromatic carbocycles. The number of ether oxygens (including phenoxy) is 2. The SMILES string of the molecule is Cc1ccc(S(=O)(=O)OCCOc2ccc(CC3(C)C(c4ccc(OCc5ccccc5)cc4)=Nc4ccc(C)cc43)cc2)cc1. The summed E-state index contributed by atoms with van der Waals surface area (Å²) in [4.78, 5) is 5.27. The molecule has 5 aromatic rings. The molecule has 0 fully saturated rings. The lowest BCUT2D eigenvalue weighted by atomic mass is 9.72. The maximum atomic E-state index is 12.4. The highest BCUT2D eigenvalue weighted by molar-refractivity contribution is 7.86. The molecule has 0 bridgehead atoms. The number of aryl methyl sites for hydroxylation is 2. The molecule has 0 radical (unpaired) electrons. The van der Waals surface area contributed by atoms with Crippen molar-refractivity contribution in [2.45, 2.75) is 44.1 Å². The second-order valence-electron chi connectivity index (χ2n) is 11.9. The Labute approximate surface area is 271 Å². The summed E-state index contributed by atoms with van der Waals surface area (Å²) in [5.74, 6) is 1.46. The van der Waals surface area contributed by atoms with Gasteiger partial charge in [-0.25, -0.2) is 0 Å². The fraction of sp³-hybridized carbons (Fsp3) is 0.205. The minimum Gasteiger partial charge on any atom is -0.491 e. The normalized spacial score (nSPS) is 15.7. The standard InChI is InChI=1S/C39H37NO5S/c1-28-9-20-35(21-10-28)46(41,42)45-24-23-43-33-16-12-30(13-17-33)26-39(3)36-25-29(2)11-22-37(36)40-38(39)32-14-18-34(19-15-32)44-27-31-7-5-4-6-8-31/h4-22,25H,23-24,26-27H2,1-3H3. The van der Waals surface area contributed by atoms with Crippen molar-refractivity contribution < 1.29 is 22.1 Å². The molecule has 0 amide bonds. The monoisotopic (exact) mass is 631 g/mol. The molecule has 0 saturated heterocycles. The fourth-order valence-electron chi connectivity index (χ4n) is 5.76. The van der Waals surface area contributed by atoms with E-state index < -0.39 is 10.1 Å². The molecule has 6 rings (SSSR count). The van der Waals surface area contributed by atoms with E-state index >= 15 is 0 Å². The highest BCUT2D eigenvalue weighted by atomic mass is 32.2. The predicted octanol–water partition coefficient (Wildman–Crippen LogP) is 8.30. The second-order valence-corrected chi connectivity index (χ2v) is 13.5.